The van der Waals surface area contributed by atoms with Gasteiger partial charge in [0.25, 0.3) is 5.91 Å². The number of rotatable bonds is 8. The molecular formula is C23H29NO5. The summed E-state index contributed by atoms with van der Waals surface area (Å²) in [6.45, 7) is 8.10. The van der Waals surface area contributed by atoms with Gasteiger partial charge < -0.3 is 19.5 Å². The second kappa shape index (κ2) is 9.96. The Hall–Kier alpha value is -3.02. The number of benzene rings is 2. The molecule has 0 aliphatic rings. The molecule has 0 fully saturated rings. The molecule has 0 saturated heterocycles. The van der Waals surface area contributed by atoms with Crippen LogP contribution in [0.2, 0.25) is 0 Å². The minimum atomic E-state index is -0.546. The number of hydrogen-bond donors (Lipinski definition) is 1. The summed E-state index contributed by atoms with van der Waals surface area (Å²) >= 11 is 0. The lowest BCUT2D eigenvalue weighted by Crippen LogP contribution is -2.23. The quantitative estimate of drug-likeness (QED) is 0.649. The Bertz CT molecular complexity index is 847. The molecule has 6 heteroatoms. The van der Waals surface area contributed by atoms with Crippen LogP contribution in [-0.2, 0) is 9.53 Å². The van der Waals surface area contributed by atoms with Crippen molar-refractivity contribution >= 4 is 17.6 Å². The van der Waals surface area contributed by atoms with Crippen molar-refractivity contribution in [3.05, 3.63) is 53.1 Å². The number of carbonyl (C=O) groups is 2. The van der Waals surface area contributed by atoms with Crippen LogP contribution in [0.1, 0.15) is 61.0 Å². The lowest BCUT2D eigenvalue weighted by molar-refractivity contribution is -0.118. The number of ether oxygens (including phenoxy) is 3. The van der Waals surface area contributed by atoms with Gasteiger partial charge in [0.05, 0.1) is 14.2 Å². The van der Waals surface area contributed by atoms with E-state index in [1.165, 1.54) is 14.2 Å². The highest BCUT2D eigenvalue weighted by Gasteiger charge is 2.18. The number of carbonyl (C=O) groups excluding carboxylic acids is 2. The molecule has 6 nitrogen and oxygen atoms in total. The molecule has 156 valence electrons. The molecule has 0 aliphatic carbocycles. The number of esters is 1. The summed E-state index contributed by atoms with van der Waals surface area (Å²) < 4.78 is 15.6. The van der Waals surface area contributed by atoms with Gasteiger partial charge in [0.15, 0.2) is 6.61 Å². The Morgan fingerprint density at radius 3 is 2.10 bits per heavy atom. The van der Waals surface area contributed by atoms with Gasteiger partial charge in [-0.25, -0.2) is 4.79 Å². The van der Waals surface area contributed by atoms with Crippen molar-refractivity contribution in [3.63, 3.8) is 0 Å². The minimum Gasteiger partial charge on any atom is -0.497 e. The second-order valence-electron chi connectivity index (χ2n) is 7.31. The van der Waals surface area contributed by atoms with Crippen LogP contribution in [0.15, 0.2) is 36.4 Å². The molecule has 2 rings (SSSR count). The van der Waals surface area contributed by atoms with E-state index < -0.39 is 5.97 Å². The molecule has 0 heterocycles. The Morgan fingerprint density at radius 2 is 1.59 bits per heavy atom. The molecule has 0 aliphatic heterocycles. The van der Waals surface area contributed by atoms with Crippen LogP contribution in [-0.4, -0.2) is 32.7 Å². The Morgan fingerprint density at radius 1 is 0.966 bits per heavy atom. The third kappa shape index (κ3) is 5.50. The maximum absolute atomic E-state index is 12.7. The number of anilines is 1. The van der Waals surface area contributed by atoms with Crippen LogP contribution >= 0.6 is 0 Å². The maximum atomic E-state index is 12.7. The largest absolute Gasteiger partial charge is 0.497 e. The smallest absolute Gasteiger partial charge is 0.341 e. The molecule has 1 N–H and O–H groups in total. The molecule has 0 aromatic heterocycles. The van der Waals surface area contributed by atoms with Gasteiger partial charge in [-0.05, 0) is 35.1 Å². The van der Waals surface area contributed by atoms with Crippen LogP contribution in [0.25, 0.3) is 0 Å². The second-order valence-corrected chi connectivity index (χ2v) is 7.31. The fraction of sp³-hybridized carbons (Fsp3) is 0.391. The van der Waals surface area contributed by atoms with Crippen molar-refractivity contribution in [2.45, 2.75) is 39.5 Å². The maximum Gasteiger partial charge on any atom is 0.341 e. The van der Waals surface area contributed by atoms with Gasteiger partial charge in [-0.15, -0.1) is 0 Å². The normalized spacial score (nSPS) is 10.8. The molecule has 1 amide bonds. The first-order valence-corrected chi connectivity index (χ1v) is 9.60. The van der Waals surface area contributed by atoms with Gasteiger partial charge in [0.1, 0.15) is 17.1 Å². The summed E-state index contributed by atoms with van der Waals surface area (Å²) in [5, 5.41) is 2.99. The molecule has 0 bridgehead atoms. The van der Waals surface area contributed by atoms with E-state index in [2.05, 4.69) is 33.0 Å². The summed E-state index contributed by atoms with van der Waals surface area (Å²) in [4.78, 5) is 24.6. The molecule has 29 heavy (non-hydrogen) atoms. The number of para-hydroxylation sites is 1. The Kier molecular flexibility index (Phi) is 7.65. The third-order valence-electron chi connectivity index (χ3n) is 4.59. The van der Waals surface area contributed by atoms with Gasteiger partial charge in [-0.3, -0.25) is 4.79 Å². The third-order valence-corrected chi connectivity index (χ3v) is 4.59. The average molecular weight is 399 g/mol. The molecule has 0 spiro atoms. The summed E-state index contributed by atoms with van der Waals surface area (Å²) in [5.74, 6) is 0.408. The van der Waals surface area contributed by atoms with E-state index in [1.807, 2.05) is 18.2 Å². The zero-order valence-electron chi connectivity index (χ0n) is 17.9. The van der Waals surface area contributed by atoms with Crippen molar-refractivity contribution in [1.82, 2.24) is 0 Å². The SMILES string of the molecule is COC(=O)c1ccc(OC)cc1OCC(=O)Nc1c(C(C)C)cccc1C(C)C. The number of methoxy groups -OCH3 is 2. The van der Waals surface area contributed by atoms with E-state index in [0.717, 1.165) is 16.8 Å². The van der Waals surface area contributed by atoms with Gasteiger partial charge in [-0.1, -0.05) is 45.9 Å². The predicted octanol–water partition coefficient (Wildman–Crippen LogP) is 4.75. The highest BCUT2D eigenvalue weighted by atomic mass is 16.5. The molecule has 2 aromatic rings. The topological polar surface area (TPSA) is 73.9 Å². The summed E-state index contributed by atoms with van der Waals surface area (Å²) in [6, 6.07) is 10.8. The van der Waals surface area contributed by atoms with Crippen LogP contribution < -0.4 is 14.8 Å². The van der Waals surface area contributed by atoms with E-state index >= 15 is 0 Å². The monoisotopic (exact) mass is 399 g/mol. The summed E-state index contributed by atoms with van der Waals surface area (Å²) in [6.07, 6.45) is 0. The van der Waals surface area contributed by atoms with Gasteiger partial charge in [-0.2, -0.15) is 0 Å². The number of amides is 1. The van der Waals surface area contributed by atoms with Crippen molar-refractivity contribution in [3.8, 4) is 11.5 Å². The standard InChI is InChI=1S/C23H29NO5/c1-14(2)17-8-7-9-18(15(3)4)22(17)24-21(25)13-29-20-12-16(27-5)10-11-19(20)23(26)28-6/h7-12,14-15H,13H2,1-6H3,(H,24,25). The molecule has 0 saturated carbocycles. The van der Waals surface area contributed by atoms with Crippen molar-refractivity contribution in [2.24, 2.45) is 0 Å². The van der Waals surface area contributed by atoms with E-state index in [0.29, 0.717) is 5.75 Å². The predicted molar refractivity (Wildman–Crippen MR) is 113 cm³/mol. The fourth-order valence-corrected chi connectivity index (χ4v) is 3.04. The Balaban J connectivity index is 2.22. The number of nitrogens with one attached hydrogen (secondary N) is 1. The first-order valence-electron chi connectivity index (χ1n) is 9.60. The summed E-state index contributed by atoms with van der Waals surface area (Å²) in [5.41, 5.74) is 3.19. The zero-order chi connectivity index (χ0) is 21.6. The van der Waals surface area contributed by atoms with E-state index in [9.17, 15) is 9.59 Å². The molecule has 0 radical (unpaired) electrons. The first-order chi connectivity index (χ1) is 13.8. The molecule has 2 aromatic carbocycles. The average Bonchev–Trinajstić information content (AvgIpc) is 2.71. The first kappa shape index (κ1) is 22.3. The highest BCUT2D eigenvalue weighted by molar-refractivity contribution is 5.95. The van der Waals surface area contributed by atoms with E-state index in [-0.39, 0.29) is 35.7 Å². The minimum absolute atomic E-state index is 0.228. The van der Waals surface area contributed by atoms with Crippen LogP contribution in [0.4, 0.5) is 5.69 Å². The van der Waals surface area contributed by atoms with Gasteiger partial charge >= 0.3 is 5.97 Å². The van der Waals surface area contributed by atoms with Gasteiger partial charge in [0, 0.05) is 11.8 Å². The lowest BCUT2D eigenvalue weighted by Gasteiger charge is -2.20. The molecule has 0 atom stereocenters. The van der Waals surface area contributed by atoms with Gasteiger partial charge in [0.2, 0.25) is 0 Å². The van der Waals surface area contributed by atoms with Crippen molar-refractivity contribution in [1.29, 1.82) is 0 Å². The number of hydrogen-bond acceptors (Lipinski definition) is 5. The van der Waals surface area contributed by atoms with Crippen LogP contribution in [0.3, 0.4) is 0 Å². The van der Waals surface area contributed by atoms with Crippen molar-refractivity contribution < 1.29 is 23.8 Å². The highest BCUT2D eigenvalue weighted by Crippen LogP contribution is 2.32. The lowest BCUT2D eigenvalue weighted by atomic mass is 9.92. The Labute approximate surface area is 172 Å². The zero-order valence-corrected chi connectivity index (χ0v) is 17.9. The van der Waals surface area contributed by atoms with Crippen molar-refractivity contribution in [2.75, 3.05) is 26.1 Å². The van der Waals surface area contributed by atoms with E-state index in [4.69, 9.17) is 14.2 Å². The fourth-order valence-electron chi connectivity index (χ4n) is 3.04. The van der Waals surface area contributed by atoms with Crippen LogP contribution in [0, 0.1) is 0 Å². The molecular weight excluding hydrogens is 370 g/mol. The summed E-state index contributed by atoms with van der Waals surface area (Å²) in [7, 11) is 2.80. The van der Waals surface area contributed by atoms with Crippen LogP contribution in [0.5, 0.6) is 11.5 Å². The molecule has 0 unspecified atom stereocenters. The van der Waals surface area contributed by atoms with E-state index in [1.54, 1.807) is 18.2 Å².